The van der Waals surface area contributed by atoms with Crippen LogP contribution in [0.3, 0.4) is 0 Å². The maximum absolute atomic E-state index is 10.9. The van der Waals surface area contributed by atoms with Crippen LogP contribution in [0.1, 0.15) is 20.3 Å². The van der Waals surface area contributed by atoms with E-state index in [4.69, 9.17) is 14.9 Å². The summed E-state index contributed by atoms with van der Waals surface area (Å²) in [6, 6.07) is 0. The van der Waals surface area contributed by atoms with Crippen LogP contribution in [0.25, 0.3) is 0 Å². The van der Waals surface area contributed by atoms with Gasteiger partial charge in [-0.15, -0.1) is 0 Å². The van der Waals surface area contributed by atoms with Gasteiger partial charge >= 0.3 is 13.8 Å². The second-order valence-corrected chi connectivity index (χ2v) is 4.00. The first-order valence-electron chi connectivity index (χ1n) is 3.86. The van der Waals surface area contributed by atoms with Crippen molar-refractivity contribution in [2.45, 2.75) is 26.4 Å². The third kappa shape index (κ3) is 6.80. The van der Waals surface area contributed by atoms with Crippen molar-refractivity contribution in [1.82, 2.24) is 0 Å². The van der Waals surface area contributed by atoms with Gasteiger partial charge in [0.25, 0.3) is 0 Å². The van der Waals surface area contributed by atoms with Crippen LogP contribution in [-0.4, -0.2) is 27.0 Å². The number of aliphatic hydroxyl groups is 1. The zero-order valence-electron chi connectivity index (χ0n) is 7.88. The minimum atomic E-state index is -4.78. The third-order valence-corrected chi connectivity index (χ3v) is 1.69. The molecule has 0 aliphatic carbocycles. The van der Waals surface area contributed by atoms with E-state index in [0.29, 0.717) is 0 Å². The molecule has 1 unspecified atom stereocenters. The molecule has 0 aromatic heterocycles. The van der Waals surface area contributed by atoms with Crippen LogP contribution in [0.5, 0.6) is 0 Å². The van der Waals surface area contributed by atoms with Gasteiger partial charge in [-0.1, -0.05) is 6.08 Å². The maximum Gasteiger partial charge on any atom is 0.527 e. The lowest BCUT2D eigenvalue weighted by atomic mass is 10.2. The summed E-state index contributed by atoms with van der Waals surface area (Å²) in [6.45, 7) is 2.87. The first kappa shape index (κ1) is 13.3. The van der Waals surface area contributed by atoms with Gasteiger partial charge in [0.2, 0.25) is 0 Å². The molecule has 0 bridgehead atoms. The summed E-state index contributed by atoms with van der Waals surface area (Å²) in [6.07, 6.45) is 0.956. The standard InChI is InChI=1S/C7H13O6P/c1-5(3-4-6(2)8)7(9)13-14(10,11)12/h3,6,8H,4H2,1-2H3,(H2,10,11,12). The van der Waals surface area contributed by atoms with Crippen LogP contribution in [0.2, 0.25) is 0 Å². The topological polar surface area (TPSA) is 104 Å². The number of rotatable bonds is 4. The molecule has 0 radical (unpaired) electrons. The van der Waals surface area contributed by atoms with Crippen molar-refractivity contribution in [2.75, 3.05) is 0 Å². The fourth-order valence-electron chi connectivity index (χ4n) is 0.611. The Hall–Kier alpha value is -0.680. The van der Waals surface area contributed by atoms with Gasteiger partial charge in [-0.2, -0.15) is 0 Å². The van der Waals surface area contributed by atoms with Gasteiger partial charge < -0.3 is 9.63 Å². The average molecular weight is 224 g/mol. The smallest absolute Gasteiger partial charge is 0.393 e. The van der Waals surface area contributed by atoms with Crippen molar-refractivity contribution in [2.24, 2.45) is 0 Å². The van der Waals surface area contributed by atoms with Crippen molar-refractivity contribution >= 4 is 13.8 Å². The zero-order valence-corrected chi connectivity index (χ0v) is 8.77. The Kier molecular flexibility index (Phi) is 5.01. The normalized spacial score (nSPS) is 15.1. The lowest BCUT2D eigenvalue weighted by Crippen LogP contribution is -2.05. The summed E-state index contributed by atoms with van der Waals surface area (Å²) < 4.78 is 14.1. The summed E-state index contributed by atoms with van der Waals surface area (Å²) in [5.74, 6) is -1.08. The Bertz CT molecular complexity index is 276. The summed E-state index contributed by atoms with van der Waals surface area (Å²) >= 11 is 0. The highest BCUT2D eigenvalue weighted by atomic mass is 31.2. The average Bonchev–Trinajstić information content (AvgIpc) is 1.96. The van der Waals surface area contributed by atoms with Crippen LogP contribution in [-0.2, 0) is 13.9 Å². The van der Waals surface area contributed by atoms with E-state index in [9.17, 15) is 9.36 Å². The van der Waals surface area contributed by atoms with Crippen molar-refractivity contribution in [3.05, 3.63) is 11.6 Å². The van der Waals surface area contributed by atoms with E-state index in [0.717, 1.165) is 0 Å². The Balaban J connectivity index is 4.26. The van der Waals surface area contributed by atoms with Crippen LogP contribution in [0, 0.1) is 0 Å². The number of carbonyl (C=O) groups excluding carboxylic acids is 1. The Morgan fingerprint density at radius 2 is 2.07 bits per heavy atom. The molecule has 0 fully saturated rings. The lowest BCUT2D eigenvalue weighted by molar-refractivity contribution is -0.131. The number of hydrogen-bond donors (Lipinski definition) is 3. The van der Waals surface area contributed by atoms with Crippen LogP contribution >= 0.6 is 7.82 Å². The van der Waals surface area contributed by atoms with Crippen LogP contribution in [0.4, 0.5) is 0 Å². The molecule has 0 saturated heterocycles. The molecule has 0 heterocycles. The molecule has 3 N–H and O–H groups in total. The molecule has 0 aromatic carbocycles. The summed E-state index contributed by atoms with van der Waals surface area (Å²) in [7, 11) is -4.78. The molecule has 0 aromatic rings. The minimum absolute atomic E-state index is 0.0502. The molecule has 14 heavy (non-hydrogen) atoms. The Morgan fingerprint density at radius 1 is 1.57 bits per heavy atom. The second kappa shape index (κ2) is 5.26. The van der Waals surface area contributed by atoms with Crippen molar-refractivity contribution in [1.29, 1.82) is 0 Å². The third-order valence-electron chi connectivity index (χ3n) is 1.29. The highest BCUT2D eigenvalue weighted by Gasteiger charge is 2.21. The largest absolute Gasteiger partial charge is 0.527 e. The predicted octanol–water partition coefficient (Wildman–Crippen LogP) is 0.339. The van der Waals surface area contributed by atoms with Gasteiger partial charge in [-0.3, -0.25) is 9.79 Å². The van der Waals surface area contributed by atoms with Crippen LogP contribution < -0.4 is 0 Å². The Morgan fingerprint density at radius 3 is 2.43 bits per heavy atom. The zero-order chi connectivity index (χ0) is 11.4. The van der Waals surface area contributed by atoms with Crippen molar-refractivity contribution < 1.29 is 28.8 Å². The number of phosphoric ester groups is 1. The molecule has 6 nitrogen and oxygen atoms in total. The van der Waals surface area contributed by atoms with E-state index in [1.54, 1.807) is 0 Å². The first-order valence-corrected chi connectivity index (χ1v) is 5.39. The molecule has 0 rings (SSSR count). The van der Waals surface area contributed by atoms with E-state index in [1.165, 1.54) is 19.9 Å². The summed E-state index contributed by atoms with van der Waals surface area (Å²) in [5.41, 5.74) is 0.0502. The molecular weight excluding hydrogens is 211 g/mol. The first-order chi connectivity index (χ1) is 6.22. The van der Waals surface area contributed by atoms with Gasteiger partial charge in [-0.25, -0.2) is 9.36 Å². The fourth-order valence-corrected chi connectivity index (χ4v) is 0.971. The van der Waals surface area contributed by atoms with Gasteiger partial charge in [0.15, 0.2) is 0 Å². The number of phosphoric acid groups is 1. The molecule has 0 aliphatic rings. The summed E-state index contributed by atoms with van der Waals surface area (Å²) in [4.78, 5) is 27.5. The van der Waals surface area contributed by atoms with E-state index in [2.05, 4.69) is 4.52 Å². The monoisotopic (exact) mass is 224 g/mol. The molecule has 0 amide bonds. The number of carbonyl (C=O) groups is 1. The quantitative estimate of drug-likeness (QED) is 0.469. The van der Waals surface area contributed by atoms with E-state index in [-0.39, 0.29) is 12.0 Å². The molecule has 7 heteroatoms. The van der Waals surface area contributed by atoms with Gasteiger partial charge in [0.1, 0.15) is 0 Å². The molecule has 0 saturated carbocycles. The number of hydrogen-bond acceptors (Lipinski definition) is 4. The highest BCUT2D eigenvalue weighted by Crippen LogP contribution is 2.36. The minimum Gasteiger partial charge on any atom is -0.393 e. The summed E-state index contributed by atoms with van der Waals surface area (Å²) in [5, 5.41) is 8.87. The second-order valence-electron chi connectivity index (χ2n) is 2.84. The molecule has 1 atom stereocenters. The molecule has 82 valence electrons. The van der Waals surface area contributed by atoms with Crippen LogP contribution in [0.15, 0.2) is 11.6 Å². The predicted molar refractivity (Wildman–Crippen MR) is 48.2 cm³/mol. The van der Waals surface area contributed by atoms with Crippen molar-refractivity contribution in [3.63, 3.8) is 0 Å². The van der Waals surface area contributed by atoms with E-state index >= 15 is 0 Å². The van der Waals surface area contributed by atoms with Gasteiger partial charge in [0.05, 0.1) is 6.10 Å². The Labute approximate surface area is 81.4 Å². The van der Waals surface area contributed by atoms with E-state index < -0.39 is 19.9 Å². The highest BCUT2D eigenvalue weighted by molar-refractivity contribution is 7.46. The van der Waals surface area contributed by atoms with Crippen molar-refractivity contribution in [3.8, 4) is 0 Å². The molecule has 0 aliphatic heterocycles. The SMILES string of the molecule is CC(=CCC(C)O)C(=O)OP(=O)(O)O. The van der Waals surface area contributed by atoms with E-state index in [1.807, 2.05) is 0 Å². The van der Waals surface area contributed by atoms with Gasteiger partial charge in [-0.05, 0) is 20.3 Å². The lowest BCUT2D eigenvalue weighted by Gasteiger charge is -2.05. The number of aliphatic hydroxyl groups excluding tert-OH is 1. The molecular formula is C7H13O6P. The van der Waals surface area contributed by atoms with Gasteiger partial charge in [0, 0.05) is 5.57 Å². The fraction of sp³-hybridized carbons (Fsp3) is 0.571. The molecule has 0 spiro atoms. The maximum atomic E-state index is 10.9.